The maximum atomic E-state index is 12.8. The van der Waals surface area contributed by atoms with Crippen LogP contribution in [0.15, 0.2) is 52.9 Å². The monoisotopic (exact) mass is 440 g/mol. The molecule has 30 heavy (non-hydrogen) atoms. The van der Waals surface area contributed by atoms with Crippen LogP contribution in [-0.4, -0.2) is 17.7 Å². The summed E-state index contributed by atoms with van der Waals surface area (Å²) in [5.74, 6) is 1.29. The molecule has 0 atom stereocenters. The van der Waals surface area contributed by atoms with Crippen molar-refractivity contribution in [1.82, 2.24) is 4.98 Å². The first-order valence-corrected chi connectivity index (χ1v) is 9.81. The molecule has 8 heteroatoms. The Kier molecular flexibility index (Phi) is 4.53. The van der Waals surface area contributed by atoms with E-state index in [0.29, 0.717) is 55.3 Å². The lowest BCUT2D eigenvalue weighted by molar-refractivity contribution is 0.102. The van der Waals surface area contributed by atoms with Crippen LogP contribution in [0.2, 0.25) is 10.0 Å². The molecular formula is C22H14Cl2N2O4. The third kappa shape index (κ3) is 3.34. The Morgan fingerprint density at radius 3 is 2.73 bits per heavy atom. The van der Waals surface area contributed by atoms with Gasteiger partial charge in [0.15, 0.2) is 17.1 Å². The number of hydrogen-bond acceptors (Lipinski definition) is 5. The van der Waals surface area contributed by atoms with Gasteiger partial charge in [-0.25, -0.2) is 4.98 Å². The number of nitrogens with zero attached hydrogens (tertiary/aromatic N) is 1. The first-order chi connectivity index (χ1) is 14.5. The lowest BCUT2D eigenvalue weighted by Crippen LogP contribution is -2.12. The number of benzene rings is 3. The number of carbonyl (C=O) groups excluding carboxylic acids is 1. The second kappa shape index (κ2) is 7.23. The van der Waals surface area contributed by atoms with E-state index in [1.54, 1.807) is 36.4 Å². The lowest BCUT2D eigenvalue weighted by atomic mass is 10.1. The predicted octanol–water partition coefficient (Wildman–Crippen LogP) is 6.09. The molecule has 0 bridgehead atoms. The van der Waals surface area contributed by atoms with Crippen LogP contribution in [-0.2, 0) is 0 Å². The highest BCUT2D eigenvalue weighted by Crippen LogP contribution is 2.34. The number of hydrogen-bond donors (Lipinski definition) is 1. The Bertz CT molecular complexity index is 1320. The largest absolute Gasteiger partial charge is 0.454 e. The Balaban J connectivity index is 1.46. The average molecular weight is 441 g/mol. The van der Waals surface area contributed by atoms with Gasteiger partial charge in [0.1, 0.15) is 5.52 Å². The topological polar surface area (TPSA) is 73.6 Å². The Labute approximate surface area is 181 Å². The first-order valence-electron chi connectivity index (χ1n) is 9.05. The van der Waals surface area contributed by atoms with Gasteiger partial charge >= 0.3 is 0 Å². The number of rotatable bonds is 3. The van der Waals surface area contributed by atoms with Crippen molar-refractivity contribution < 1.29 is 18.7 Å². The number of aryl methyl sites for hydroxylation is 1. The van der Waals surface area contributed by atoms with Crippen molar-refractivity contribution in [2.75, 3.05) is 12.1 Å². The fourth-order valence-electron chi connectivity index (χ4n) is 3.21. The summed E-state index contributed by atoms with van der Waals surface area (Å²) >= 11 is 12.2. The third-order valence-corrected chi connectivity index (χ3v) is 5.28. The molecule has 0 spiro atoms. The Hall–Kier alpha value is -3.22. The van der Waals surface area contributed by atoms with E-state index in [4.69, 9.17) is 37.1 Å². The zero-order chi connectivity index (χ0) is 20.8. The molecule has 1 aliphatic rings. The molecule has 1 amide bonds. The molecule has 0 saturated carbocycles. The van der Waals surface area contributed by atoms with Crippen molar-refractivity contribution in [3.05, 3.63) is 69.7 Å². The van der Waals surface area contributed by atoms with Gasteiger partial charge in [-0.1, -0.05) is 29.3 Å². The molecule has 3 aromatic carbocycles. The van der Waals surface area contributed by atoms with Crippen LogP contribution in [0.1, 0.15) is 15.9 Å². The molecule has 2 heterocycles. The summed E-state index contributed by atoms with van der Waals surface area (Å²) in [6, 6.07) is 13.9. The first kappa shape index (κ1) is 18.8. The fourth-order valence-corrected chi connectivity index (χ4v) is 3.73. The quantitative estimate of drug-likeness (QED) is 0.417. The van der Waals surface area contributed by atoms with Crippen molar-refractivity contribution in [2.24, 2.45) is 0 Å². The zero-order valence-electron chi connectivity index (χ0n) is 15.7. The lowest BCUT2D eigenvalue weighted by Gasteiger charge is -2.10. The van der Waals surface area contributed by atoms with Gasteiger partial charge in [0.05, 0.1) is 5.02 Å². The van der Waals surface area contributed by atoms with Gasteiger partial charge in [-0.05, 0) is 55.0 Å². The molecule has 0 saturated heterocycles. The summed E-state index contributed by atoms with van der Waals surface area (Å²) in [4.78, 5) is 17.2. The molecule has 0 fully saturated rings. The van der Waals surface area contributed by atoms with Crippen LogP contribution in [0.5, 0.6) is 11.5 Å². The molecule has 1 aliphatic heterocycles. The number of anilines is 1. The summed E-state index contributed by atoms with van der Waals surface area (Å²) in [5, 5.41) is 3.80. The summed E-state index contributed by atoms with van der Waals surface area (Å²) in [7, 11) is 0. The van der Waals surface area contributed by atoms with Crippen LogP contribution in [0, 0.1) is 6.92 Å². The van der Waals surface area contributed by atoms with Crippen molar-refractivity contribution in [3.8, 4) is 23.0 Å². The van der Waals surface area contributed by atoms with Crippen LogP contribution < -0.4 is 14.8 Å². The number of amides is 1. The molecule has 6 nitrogen and oxygen atoms in total. The molecule has 0 unspecified atom stereocenters. The van der Waals surface area contributed by atoms with Crippen molar-refractivity contribution in [2.45, 2.75) is 6.92 Å². The fraction of sp³-hybridized carbons (Fsp3) is 0.0909. The summed E-state index contributed by atoms with van der Waals surface area (Å²) < 4.78 is 16.5. The van der Waals surface area contributed by atoms with Gasteiger partial charge in [-0.3, -0.25) is 4.79 Å². The number of aromatic nitrogens is 1. The number of carbonyl (C=O) groups is 1. The molecule has 5 rings (SSSR count). The molecular weight excluding hydrogens is 427 g/mol. The molecule has 1 N–H and O–H groups in total. The molecule has 0 radical (unpaired) electrons. The van der Waals surface area contributed by atoms with Crippen molar-refractivity contribution in [1.29, 1.82) is 0 Å². The Morgan fingerprint density at radius 2 is 1.87 bits per heavy atom. The minimum absolute atomic E-state index is 0.154. The minimum Gasteiger partial charge on any atom is -0.454 e. The van der Waals surface area contributed by atoms with E-state index < -0.39 is 0 Å². The van der Waals surface area contributed by atoms with Gasteiger partial charge in [0.2, 0.25) is 12.7 Å². The molecule has 4 aromatic rings. The zero-order valence-corrected chi connectivity index (χ0v) is 17.2. The molecule has 0 aliphatic carbocycles. The van der Waals surface area contributed by atoms with Crippen molar-refractivity contribution >= 4 is 45.9 Å². The molecule has 150 valence electrons. The van der Waals surface area contributed by atoms with E-state index in [1.807, 2.05) is 19.1 Å². The second-order valence-electron chi connectivity index (χ2n) is 6.81. The van der Waals surface area contributed by atoms with Gasteiger partial charge in [-0.15, -0.1) is 0 Å². The maximum absolute atomic E-state index is 12.8. The summed E-state index contributed by atoms with van der Waals surface area (Å²) in [6.45, 7) is 2.06. The summed E-state index contributed by atoms with van der Waals surface area (Å²) in [5.41, 5.74) is 3.72. The van der Waals surface area contributed by atoms with E-state index in [1.165, 1.54) is 0 Å². The van der Waals surface area contributed by atoms with E-state index in [9.17, 15) is 4.79 Å². The van der Waals surface area contributed by atoms with Gasteiger partial charge < -0.3 is 19.2 Å². The van der Waals surface area contributed by atoms with Crippen molar-refractivity contribution in [3.63, 3.8) is 0 Å². The summed E-state index contributed by atoms with van der Waals surface area (Å²) in [6.07, 6.45) is 0. The van der Waals surface area contributed by atoms with Crippen LogP contribution in [0.3, 0.4) is 0 Å². The second-order valence-corrected chi connectivity index (χ2v) is 7.65. The normalized spacial score (nSPS) is 12.4. The van der Waals surface area contributed by atoms with Gasteiger partial charge in [-0.2, -0.15) is 0 Å². The standard InChI is InChI=1S/C22H14Cl2N2O4/c1-11-2-3-13(22-26-17-9-14(23)8-15(24)20(17)30-22)6-16(11)25-21(27)12-4-5-18-19(7-12)29-10-28-18/h2-9H,10H2,1H3,(H,25,27). The SMILES string of the molecule is Cc1ccc(-c2nc3cc(Cl)cc(Cl)c3o2)cc1NC(=O)c1ccc2c(c1)OCO2. The average Bonchev–Trinajstić information content (AvgIpc) is 3.35. The highest BCUT2D eigenvalue weighted by atomic mass is 35.5. The highest BCUT2D eigenvalue weighted by molar-refractivity contribution is 6.38. The number of oxazole rings is 1. The highest BCUT2D eigenvalue weighted by Gasteiger charge is 2.18. The number of ether oxygens (including phenoxy) is 2. The van der Waals surface area contributed by atoms with E-state index in [-0.39, 0.29) is 12.7 Å². The van der Waals surface area contributed by atoms with Crippen LogP contribution >= 0.6 is 23.2 Å². The molecule has 1 aromatic heterocycles. The van der Waals surface area contributed by atoms with Crippen LogP contribution in [0.4, 0.5) is 5.69 Å². The number of nitrogens with one attached hydrogen (secondary N) is 1. The van der Waals surface area contributed by atoms with Crippen LogP contribution in [0.25, 0.3) is 22.6 Å². The minimum atomic E-state index is -0.263. The van der Waals surface area contributed by atoms with E-state index in [0.717, 1.165) is 5.56 Å². The predicted molar refractivity (Wildman–Crippen MR) is 115 cm³/mol. The van der Waals surface area contributed by atoms with E-state index >= 15 is 0 Å². The Morgan fingerprint density at radius 1 is 1.03 bits per heavy atom. The van der Waals surface area contributed by atoms with Gasteiger partial charge in [0, 0.05) is 21.8 Å². The van der Waals surface area contributed by atoms with Gasteiger partial charge in [0.25, 0.3) is 5.91 Å². The number of fused-ring (bicyclic) bond motifs is 2. The third-order valence-electron chi connectivity index (χ3n) is 4.78. The van der Waals surface area contributed by atoms with E-state index in [2.05, 4.69) is 10.3 Å². The smallest absolute Gasteiger partial charge is 0.255 e. The maximum Gasteiger partial charge on any atom is 0.255 e. The number of halogens is 2.